The van der Waals surface area contributed by atoms with Gasteiger partial charge in [-0.05, 0) is 12.5 Å². The van der Waals surface area contributed by atoms with E-state index >= 15 is 0 Å². The summed E-state index contributed by atoms with van der Waals surface area (Å²) >= 11 is 0. The molecule has 2 aromatic heterocycles. The summed E-state index contributed by atoms with van der Waals surface area (Å²) in [5.74, 6) is 1.66. The summed E-state index contributed by atoms with van der Waals surface area (Å²) in [6, 6.07) is 3.72. The fraction of sp³-hybridized carbons (Fsp3) is 0.462. The zero-order chi connectivity index (χ0) is 12.1. The highest BCUT2D eigenvalue weighted by Gasteiger charge is 2.13. The van der Waals surface area contributed by atoms with E-state index in [1.165, 1.54) is 12.8 Å². The Balaban J connectivity index is 2.11. The van der Waals surface area contributed by atoms with E-state index in [0.29, 0.717) is 17.5 Å². The highest BCUT2D eigenvalue weighted by atomic mass is 16.5. The highest BCUT2D eigenvalue weighted by Crippen LogP contribution is 2.24. The van der Waals surface area contributed by atoms with Gasteiger partial charge in [-0.25, -0.2) is 9.97 Å². The predicted octanol–water partition coefficient (Wildman–Crippen LogP) is 3.43. The van der Waals surface area contributed by atoms with Gasteiger partial charge in [-0.2, -0.15) is 0 Å². The summed E-state index contributed by atoms with van der Waals surface area (Å²) in [5, 5.41) is 4.09. The molecule has 2 rings (SSSR count). The third kappa shape index (κ3) is 2.90. The van der Waals surface area contributed by atoms with Crippen LogP contribution in [0, 0.1) is 0 Å². The van der Waals surface area contributed by atoms with E-state index in [1.807, 2.05) is 6.07 Å². The summed E-state index contributed by atoms with van der Waals surface area (Å²) < 4.78 is 5.28. The lowest BCUT2D eigenvalue weighted by Gasteiger charge is -2.04. The van der Waals surface area contributed by atoms with Gasteiger partial charge in [-0.3, -0.25) is 0 Å². The molecule has 0 bridgehead atoms. The fourth-order valence-electron chi connectivity index (χ4n) is 1.71. The Morgan fingerprint density at radius 3 is 2.76 bits per heavy atom. The third-order valence-electron chi connectivity index (χ3n) is 2.81. The summed E-state index contributed by atoms with van der Waals surface area (Å²) in [4.78, 5) is 8.28. The molecule has 0 aromatic carbocycles. The standard InChI is InChI=1S/C13H17N3O/c1-3-4-6-10(2)11-9-12(17-16-11)13-14-7-5-8-15-13/h5,7-10H,3-4,6H2,1-2H3. The van der Waals surface area contributed by atoms with Crippen molar-refractivity contribution in [2.45, 2.75) is 39.0 Å². The molecule has 0 aliphatic rings. The van der Waals surface area contributed by atoms with Crippen LogP contribution in [0.25, 0.3) is 11.6 Å². The number of hydrogen-bond donors (Lipinski definition) is 0. The Morgan fingerprint density at radius 2 is 2.06 bits per heavy atom. The maximum atomic E-state index is 5.28. The van der Waals surface area contributed by atoms with Crippen molar-refractivity contribution in [3.63, 3.8) is 0 Å². The molecule has 0 N–H and O–H groups in total. The average Bonchev–Trinajstić information content (AvgIpc) is 2.86. The first-order chi connectivity index (χ1) is 8.31. The summed E-state index contributed by atoms with van der Waals surface area (Å²) in [6.07, 6.45) is 6.95. The van der Waals surface area contributed by atoms with Crippen LogP contribution in [0.5, 0.6) is 0 Å². The van der Waals surface area contributed by atoms with Crippen LogP contribution < -0.4 is 0 Å². The Hall–Kier alpha value is -1.71. The van der Waals surface area contributed by atoms with Crippen molar-refractivity contribution in [1.82, 2.24) is 15.1 Å². The Labute approximate surface area is 101 Å². The molecule has 0 spiro atoms. The Morgan fingerprint density at radius 1 is 1.29 bits per heavy atom. The van der Waals surface area contributed by atoms with E-state index in [9.17, 15) is 0 Å². The number of aromatic nitrogens is 3. The van der Waals surface area contributed by atoms with E-state index in [1.54, 1.807) is 18.5 Å². The summed E-state index contributed by atoms with van der Waals surface area (Å²) in [5.41, 5.74) is 0.987. The molecule has 4 heteroatoms. The molecule has 0 saturated heterocycles. The topological polar surface area (TPSA) is 51.8 Å². The van der Waals surface area contributed by atoms with Crippen LogP contribution in [-0.4, -0.2) is 15.1 Å². The zero-order valence-corrected chi connectivity index (χ0v) is 10.3. The summed E-state index contributed by atoms with van der Waals surface area (Å²) in [7, 11) is 0. The van der Waals surface area contributed by atoms with Crippen molar-refractivity contribution in [1.29, 1.82) is 0 Å². The van der Waals surface area contributed by atoms with Crippen LogP contribution >= 0.6 is 0 Å². The molecule has 90 valence electrons. The molecule has 4 nitrogen and oxygen atoms in total. The van der Waals surface area contributed by atoms with Crippen molar-refractivity contribution in [3.05, 3.63) is 30.2 Å². The molecule has 0 saturated carbocycles. The highest BCUT2D eigenvalue weighted by molar-refractivity contribution is 5.46. The van der Waals surface area contributed by atoms with Crippen molar-refractivity contribution in [2.24, 2.45) is 0 Å². The van der Waals surface area contributed by atoms with Crippen LogP contribution in [0.15, 0.2) is 29.0 Å². The molecular formula is C13H17N3O. The van der Waals surface area contributed by atoms with Gasteiger partial charge in [0.05, 0.1) is 5.69 Å². The minimum atomic E-state index is 0.427. The predicted molar refractivity (Wildman–Crippen MR) is 65.5 cm³/mol. The molecule has 0 amide bonds. The lowest BCUT2D eigenvalue weighted by Crippen LogP contribution is -1.93. The Kier molecular flexibility index (Phi) is 3.85. The van der Waals surface area contributed by atoms with E-state index < -0.39 is 0 Å². The van der Waals surface area contributed by atoms with Gasteiger partial charge < -0.3 is 4.52 Å². The van der Waals surface area contributed by atoms with E-state index in [2.05, 4.69) is 29.0 Å². The number of rotatable bonds is 5. The first-order valence-electron chi connectivity index (χ1n) is 6.05. The monoisotopic (exact) mass is 231 g/mol. The van der Waals surface area contributed by atoms with E-state index in [4.69, 9.17) is 4.52 Å². The molecule has 2 aromatic rings. The summed E-state index contributed by atoms with van der Waals surface area (Å²) in [6.45, 7) is 4.36. The van der Waals surface area contributed by atoms with Gasteiger partial charge >= 0.3 is 0 Å². The maximum Gasteiger partial charge on any atom is 0.204 e. The molecule has 0 fully saturated rings. The van der Waals surface area contributed by atoms with Crippen LogP contribution in [-0.2, 0) is 0 Å². The molecule has 2 heterocycles. The van der Waals surface area contributed by atoms with Crippen LogP contribution in [0.4, 0.5) is 0 Å². The van der Waals surface area contributed by atoms with Crippen molar-refractivity contribution < 1.29 is 4.52 Å². The van der Waals surface area contributed by atoms with Gasteiger partial charge in [0.2, 0.25) is 5.76 Å². The fourth-order valence-corrected chi connectivity index (χ4v) is 1.71. The largest absolute Gasteiger partial charge is 0.353 e. The lowest BCUT2D eigenvalue weighted by molar-refractivity contribution is 0.412. The number of nitrogens with zero attached hydrogens (tertiary/aromatic N) is 3. The number of hydrogen-bond acceptors (Lipinski definition) is 4. The minimum Gasteiger partial charge on any atom is -0.353 e. The van der Waals surface area contributed by atoms with E-state index in [0.717, 1.165) is 12.1 Å². The van der Waals surface area contributed by atoms with Gasteiger partial charge in [-0.15, -0.1) is 0 Å². The second-order valence-electron chi connectivity index (χ2n) is 4.23. The van der Waals surface area contributed by atoms with Crippen LogP contribution in [0.3, 0.4) is 0 Å². The Bertz CT molecular complexity index is 453. The van der Waals surface area contributed by atoms with E-state index in [-0.39, 0.29) is 0 Å². The van der Waals surface area contributed by atoms with Crippen LogP contribution in [0.2, 0.25) is 0 Å². The van der Waals surface area contributed by atoms with Gasteiger partial charge in [0.25, 0.3) is 0 Å². The SMILES string of the molecule is CCCCC(C)c1cc(-c2ncccn2)on1. The molecule has 0 aliphatic carbocycles. The second-order valence-corrected chi connectivity index (χ2v) is 4.23. The zero-order valence-electron chi connectivity index (χ0n) is 10.3. The molecule has 0 radical (unpaired) electrons. The first kappa shape index (κ1) is 11.8. The second kappa shape index (κ2) is 5.57. The molecule has 0 aliphatic heterocycles. The smallest absolute Gasteiger partial charge is 0.204 e. The quantitative estimate of drug-likeness (QED) is 0.791. The maximum absolute atomic E-state index is 5.28. The molecular weight excluding hydrogens is 214 g/mol. The van der Waals surface area contributed by atoms with Crippen molar-refractivity contribution in [3.8, 4) is 11.6 Å². The minimum absolute atomic E-state index is 0.427. The first-order valence-corrected chi connectivity index (χ1v) is 6.05. The van der Waals surface area contributed by atoms with Gasteiger partial charge in [0.1, 0.15) is 0 Å². The molecule has 1 unspecified atom stereocenters. The van der Waals surface area contributed by atoms with Gasteiger partial charge in [0.15, 0.2) is 5.82 Å². The average molecular weight is 231 g/mol. The molecule has 1 atom stereocenters. The van der Waals surface area contributed by atoms with Gasteiger partial charge in [-0.1, -0.05) is 31.8 Å². The normalized spacial score (nSPS) is 12.6. The van der Waals surface area contributed by atoms with Crippen LogP contribution in [0.1, 0.15) is 44.7 Å². The van der Waals surface area contributed by atoms with Gasteiger partial charge in [0, 0.05) is 24.4 Å². The number of unbranched alkanes of at least 4 members (excludes halogenated alkanes) is 1. The van der Waals surface area contributed by atoms with Crippen molar-refractivity contribution in [2.75, 3.05) is 0 Å². The third-order valence-corrected chi connectivity index (χ3v) is 2.81. The molecule has 17 heavy (non-hydrogen) atoms. The van der Waals surface area contributed by atoms with Crippen molar-refractivity contribution >= 4 is 0 Å². The lowest BCUT2D eigenvalue weighted by atomic mass is 10.0.